The number of benzene rings is 1. The smallest absolute Gasteiger partial charge is 0.123 e. The quantitative estimate of drug-likeness (QED) is 0.644. The fourth-order valence-corrected chi connectivity index (χ4v) is 2.41. The maximum Gasteiger partial charge on any atom is 0.123 e. The molecule has 0 fully saturated rings. The van der Waals surface area contributed by atoms with Gasteiger partial charge in [0.25, 0.3) is 0 Å². The van der Waals surface area contributed by atoms with Gasteiger partial charge in [-0.1, -0.05) is 15.9 Å². The Hall–Kier alpha value is -0.610. The van der Waals surface area contributed by atoms with E-state index in [1.165, 1.54) is 18.9 Å². The molecule has 2 rings (SSSR count). The van der Waals surface area contributed by atoms with E-state index in [0.717, 1.165) is 36.2 Å². The van der Waals surface area contributed by atoms with Crippen molar-refractivity contribution < 1.29 is 9.13 Å². The first-order valence-corrected chi connectivity index (χ1v) is 7.13. The SMILES string of the molecule is Fc1ccc2c(c1)CC(CNCCCCBr)O2. The van der Waals surface area contributed by atoms with E-state index in [2.05, 4.69) is 21.2 Å². The van der Waals surface area contributed by atoms with Crippen molar-refractivity contribution in [1.82, 2.24) is 5.32 Å². The molecule has 1 atom stereocenters. The molecule has 1 N–H and O–H groups in total. The normalized spacial score (nSPS) is 17.9. The van der Waals surface area contributed by atoms with E-state index < -0.39 is 0 Å². The van der Waals surface area contributed by atoms with Gasteiger partial charge in [-0.25, -0.2) is 4.39 Å². The summed E-state index contributed by atoms with van der Waals surface area (Å²) in [6.07, 6.45) is 3.30. The summed E-state index contributed by atoms with van der Waals surface area (Å²) in [5.41, 5.74) is 0.984. The molecular formula is C13H17BrFNO. The number of fused-ring (bicyclic) bond motifs is 1. The highest BCUT2D eigenvalue weighted by Gasteiger charge is 2.22. The average molecular weight is 302 g/mol. The Morgan fingerprint density at radius 3 is 3.12 bits per heavy atom. The van der Waals surface area contributed by atoms with Crippen molar-refractivity contribution in [3.8, 4) is 5.75 Å². The second kappa shape index (κ2) is 6.36. The van der Waals surface area contributed by atoms with Crippen LogP contribution in [0.15, 0.2) is 18.2 Å². The van der Waals surface area contributed by atoms with E-state index >= 15 is 0 Å². The van der Waals surface area contributed by atoms with Gasteiger partial charge in [0.1, 0.15) is 17.7 Å². The molecule has 0 bridgehead atoms. The zero-order valence-electron chi connectivity index (χ0n) is 9.72. The molecule has 0 aliphatic carbocycles. The molecule has 94 valence electrons. The molecule has 0 spiro atoms. The molecule has 1 heterocycles. The highest BCUT2D eigenvalue weighted by Crippen LogP contribution is 2.28. The van der Waals surface area contributed by atoms with Gasteiger partial charge in [-0.3, -0.25) is 0 Å². The van der Waals surface area contributed by atoms with Gasteiger partial charge in [-0.15, -0.1) is 0 Å². The van der Waals surface area contributed by atoms with Crippen LogP contribution in [0, 0.1) is 5.82 Å². The van der Waals surface area contributed by atoms with Crippen molar-refractivity contribution >= 4 is 15.9 Å². The van der Waals surface area contributed by atoms with E-state index in [4.69, 9.17) is 4.74 Å². The molecule has 1 aliphatic heterocycles. The van der Waals surface area contributed by atoms with Crippen LogP contribution in [0.25, 0.3) is 0 Å². The van der Waals surface area contributed by atoms with Crippen LogP contribution in [-0.2, 0) is 6.42 Å². The van der Waals surface area contributed by atoms with Crippen LogP contribution in [0.1, 0.15) is 18.4 Å². The third-order valence-electron chi connectivity index (χ3n) is 2.87. The first-order valence-electron chi connectivity index (χ1n) is 6.01. The molecule has 1 aromatic rings. The number of hydrogen-bond donors (Lipinski definition) is 1. The lowest BCUT2D eigenvalue weighted by Gasteiger charge is -2.11. The number of unbranched alkanes of at least 4 members (excludes halogenated alkanes) is 1. The third-order valence-corrected chi connectivity index (χ3v) is 3.43. The van der Waals surface area contributed by atoms with E-state index in [0.29, 0.717) is 0 Å². The molecule has 0 radical (unpaired) electrons. The summed E-state index contributed by atoms with van der Waals surface area (Å²) in [5, 5.41) is 4.43. The topological polar surface area (TPSA) is 21.3 Å². The molecule has 0 aromatic heterocycles. The largest absolute Gasteiger partial charge is 0.488 e. The van der Waals surface area contributed by atoms with Crippen LogP contribution in [0.4, 0.5) is 4.39 Å². The zero-order chi connectivity index (χ0) is 12.1. The second-order valence-corrected chi connectivity index (χ2v) is 5.09. The molecule has 0 saturated heterocycles. The summed E-state index contributed by atoms with van der Waals surface area (Å²) >= 11 is 3.41. The predicted octanol–water partition coefficient (Wildman–Crippen LogP) is 2.89. The minimum atomic E-state index is -0.182. The van der Waals surface area contributed by atoms with Gasteiger partial charge in [0.2, 0.25) is 0 Å². The van der Waals surface area contributed by atoms with Gasteiger partial charge < -0.3 is 10.1 Å². The van der Waals surface area contributed by atoms with Crippen LogP contribution < -0.4 is 10.1 Å². The molecule has 17 heavy (non-hydrogen) atoms. The molecule has 2 nitrogen and oxygen atoms in total. The summed E-state index contributed by atoms with van der Waals surface area (Å²) in [5.74, 6) is 0.650. The van der Waals surface area contributed by atoms with Gasteiger partial charge >= 0.3 is 0 Å². The highest BCUT2D eigenvalue weighted by molar-refractivity contribution is 9.09. The zero-order valence-corrected chi connectivity index (χ0v) is 11.3. The van der Waals surface area contributed by atoms with E-state index in [-0.39, 0.29) is 11.9 Å². The first-order chi connectivity index (χ1) is 8.29. The van der Waals surface area contributed by atoms with Crippen molar-refractivity contribution in [3.05, 3.63) is 29.6 Å². The number of nitrogens with one attached hydrogen (secondary N) is 1. The van der Waals surface area contributed by atoms with Crippen molar-refractivity contribution in [3.63, 3.8) is 0 Å². The maximum atomic E-state index is 13.0. The average Bonchev–Trinajstić information content (AvgIpc) is 2.70. The predicted molar refractivity (Wildman–Crippen MR) is 70.4 cm³/mol. The molecular weight excluding hydrogens is 285 g/mol. The minimum absolute atomic E-state index is 0.149. The Bertz CT molecular complexity index is 372. The number of alkyl halides is 1. The van der Waals surface area contributed by atoms with E-state index in [1.54, 1.807) is 12.1 Å². The van der Waals surface area contributed by atoms with Crippen LogP contribution in [-0.4, -0.2) is 24.5 Å². The summed E-state index contributed by atoms with van der Waals surface area (Å²) in [4.78, 5) is 0. The molecule has 0 amide bonds. The Morgan fingerprint density at radius 1 is 1.41 bits per heavy atom. The van der Waals surface area contributed by atoms with Gasteiger partial charge in [0, 0.05) is 23.9 Å². The Balaban J connectivity index is 1.73. The Kier molecular flexibility index (Phi) is 4.80. The minimum Gasteiger partial charge on any atom is -0.488 e. The summed E-state index contributed by atoms with van der Waals surface area (Å²) in [6, 6.07) is 4.74. The lowest BCUT2D eigenvalue weighted by molar-refractivity contribution is 0.227. The van der Waals surface area contributed by atoms with Crippen molar-refractivity contribution in [2.45, 2.75) is 25.4 Å². The number of ether oxygens (including phenoxy) is 1. The Labute approximate surface area is 110 Å². The number of hydrogen-bond acceptors (Lipinski definition) is 2. The monoisotopic (exact) mass is 301 g/mol. The summed E-state index contributed by atoms with van der Waals surface area (Å²) in [7, 11) is 0. The van der Waals surface area contributed by atoms with E-state index in [1.807, 2.05) is 0 Å². The van der Waals surface area contributed by atoms with Crippen molar-refractivity contribution in [2.24, 2.45) is 0 Å². The molecule has 1 aliphatic rings. The van der Waals surface area contributed by atoms with Crippen LogP contribution in [0.5, 0.6) is 5.75 Å². The lowest BCUT2D eigenvalue weighted by Crippen LogP contribution is -2.30. The third kappa shape index (κ3) is 3.68. The lowest BCUT2D eigenvalue weighted by atomic mass is 10.1. The van der Waals surface area contributed by atoms with Gasteiger partial charge in [-0.2, -0.15) is 0 Å². The van der Waals surface area contributed by atoms with Gasteiger partial charge in [0.15, 0.2) is 0 Å². The Morgan fingerprint density at radius 2 is 2.29 bits per heavy atom. The van der Waals surface area contributed by atoms with Gasteiger partial charge in [0.05, 0.1) is 0 Å². The molecule has 4 heteroatoms. The highest BCUT2D eigenvalue weighted by atomic mass is 79.9. The fraction of sp³-hybridized carbons (Fsp3) is 0.538. The van der Waals surface area contributed by atoms with Crippen molar-refractivity contribution in [1.29, 1.82) is 0 Å². The number of halogens is 2. The fourth-order valence-electron chi connectivity index (χ4n) is 2.01. The molecule has 1 unspecified atom stereocenters. The summed E-state index contributed by atoms with van der Waals surface area (Å²) < 4.78 is 18.7. The van der Waals surface area contributed by atoms with Crippen LogP contribution >= 0.6 is 15.9 Å². The standard InChI is InChI=1S/C13H17BrFNO/c14-5-1-2-6-16-9-12-8-10-7-11(15)3-4-13(10)17-12/h3-4,7,12,16H,1-2,5-6,8-9H2. The van der Waals surface area contributed by atoms with E-state index in [9.17, 15) is 4.39 Å². The second-order valence-electron chi connectivity index (χ2n) is 4.30. The van der Waals surface area contributed by atoms with Crippen LogP contribution in [0.2, 0.25) is 0 Å². The number of rotatable bonds is 6. The van der Waals surface area contributed by atoms with Crippen LogP contribution in [0.3, 0.4) is 0 Å². The van der Waals surface area contributed by atoms with Crippen molar-refractivity contribution in [2.75, 3.05) is 18.4 Å². The summed E-state index contributed by atoms with van der Waals surface area (Å²) in [6.45, 7) is 1.84. The first kappa shape index (κ1) is 12.8. The maximum absolute atomic E-state index is 13.0. The molecule has 1 aromatic carbocycles. The molecule has 0 saturated carbocycles. The van der Waals surface area contributed by atoms with Gasteiger partial charge in [-0.05, 0) is 37.6 Å².